The van der Waals surface area contributed by atoms with Crippen molar-refractivity contribution >= 4 is 17.6 Å². The summed E-state index contributed by atoms with van der Waals surface area (Å²) in [6, 6.07) is 17.4. The van der Waals surface area contributed by atoms with Gasteiger partial charge in [-0.2, -0.15) is 5.10 Å². The number of aliphatic carboxylic acids is 1. The number of benzene rings is 2. The Morgan fingerprint density at radius 1 is 1.00 bits per heavy atom. The number of hydrogen-bond acceptors (Lipinski definition) is 3. The molecule has 0 saturated carbocycles. The highest BCUT2D eigenvalue weighted by molar-refractivity contribution is 6.04. The molecule has 0 aliphatic rings. The zero-order valence-electron chi connectivity index (χ0n) is 12.7. The average molecular weight is 321 g/mol. The van der Waals surface area contributed by atoms with Crippen molar-refractivity contribution < 1.29 is 14.7 Å². The molecule has 1 aromatic heterocycles. The molecule has 2 aromatic carbocycles. The van der Waals surface area contributed by atoms with Crippen molar-refractivity contribution in [2.45, 2.75) is 6.54 Å². The normalized spacial score (nSPS) is 10.3. The third kappa shape index (κ3) is 3.67. The Kier molecular flexibility index (Phi) is 4.38. The third-order valence-corrected chi connectivity index (χ3v) is 3.44. The average Bonchev–Trinajstić information content (AvgIpc) is 3.04. The maximum absolute atomic E-state index is 12.2. The molecule has 6 heteroatoms. The number of carbonyl (C=O) groups excluding carboxylic acids is 1. The van der Waals surface area contributed by atoms with Gasteiger partial charge in [0.2, 0.25) is 0 Å². The molecule has 1 amide bonds. The third-order valence-electron chi connectivity index (χ3n) is 3.44. The van der Waals surface area contributed by atoms with Crippen LogP contribution in [-0.2, 0) is 11.3 Å². The minimum Gasteiger partial charge on any atom is -0.480 e. The van der Waals surface area contributed by atoms with E-state index in [0.717, 1.165) is 11.1 Å². The molecule has 2 N–H and O–H groups in total. The van der Waals surface area contributed by atoms with E-state index in [1.54, 1.807) is 0 Å². The highest BCUT2D eigenvalue weighted by Gasteiger charge is 2.10. The number of amides is 1. The topological polar surface area (TPSA) is 84.2 Å². The monoisotopic (exact) mass is 321 g/mol. The van der Waals surface area contributed by atoms with Crippen LogP contribution in [0.5, 0.6) is 0 Å². The highest BCUT2D eigenvalue weighted by atomic mass is 16.4. The summed E-state index contributed by atoms with van der Waals surface area (Å²) in [5, 5.41) is 15.3. The lowest BCUT2D eigenvalue weighted by atomic mass is 10.1. The summed E-state index contributed by atoms with van der Waals surface area (Å²) < 4.78 is 1.20. The van der Waals surface area contributed by atoms with Gasteiger partial charge in [0.15, 0.2) is 0 Å². The van der Waals surface area contributed by atoms with Crippen LogP contribution in [0.3, 0.4) is 0 Å². The number of carboxylic acid groups (broad SMARTS) is 1. The molecular formula is C18H15N3O3. The van der Waals surface area contributed by atoms with E-state index < -0.39 is 5.97 Å². The summed E-state index contributed by atoms with van der Waals surface area (Å²) in [6.45, 7) is -0.279. The van der Waals surface area contributed by atoms with Gasteiger partial charge >= 0.3 is 5.97 Å². The Hall–Kier alpha value is -3.41. The van der Waals surface area contributed by atoms with Crippen molar-refractivity contribution in [3.8, 4) is 11.1 Å². The number of rotatable bonds is 5. The lowest BCUT2D eigenvalue weighted by Crippen LogP contribution is -2.12. The molecule has 6 nitrogen and oxygen atoms in total. The first-order chi connectivity index (χ1) is 11.6. The zero-order chi connectivity index (χ0) is 16.9. The van der Waals surface area contributed by atoms with Crippen LogP contribution in [0, 0.1) is 0 Å². The summed E-state index contributed by atoms with van der Waals surface area (Å²) in [6.07, 6.45) is 2.75. The molecule has 0 fully saturated rings. The van der Waals surface area contributed by atoms with Crippen LogP contribution in [0.25, 0.3) is 11.1 Å². The van der Waals surface area contributed by atoms with Gasteiger partial charge in [0.05, 0.1) is 11.8 Å². The standard InChI is InChI=1S/C18H15N3O3/c22-17(23)12-21-11-15(10-19-21)18(24)20-16-8-6-14(7-9-16)13-4-2-1-3-5-13/h1-11H,12H2,(H,20,24)(H,22,23). The van der Waals surface area contributed by atoms with Gasteiger partial charge < -0.3 is 10.4 Å². The maximum Gasteiger partial charge on any atom is 0.325 e. The number of anilines is 1. The molecule has 1 heterocycles. The van der Waals surface area contributed by atoms with Crippen LogP contribution in [0.15, 0.2) is 67.0 Å². The second kappa shape index (κ2) is 6.78. The second-order valence-corrected chi connectivity index (χ2v) is 5.22. The van der Waals surface area contributed by atoms with E-state index in [1.807, 2.05) is 54.6 Å². The lowest BCUT2D eigenvalue weighted by Gasteiger charge is -2.06. The summed E-state index contributed by atoms with van der Waals surface area (Å²) in [7, 11) is 0. The van der Waals surface area contributed by atoms with Crippen molar-refractivity contribution in [2.24, 2.45) is 0 Å². The van der Waals surface area contributed by atoms with Crippen molar-refractivity contribution in [1.29, 1.82) is 0 Å². The Morgan fingerprint density at radius 3 is 2.33 bits per heavy atom. The van der Waals surface area contributed by atoms with Crippen molar-refractivity contribution in [2.75, 3.05) is 5.32 Å². The van der Waals surface area contributed by atoms with Crippen LogP contribution in [0.4, 0.5) is 5.69 Å². The van der Waals surface area contributed by atoms with E-state index >= 15 is 0 Å². The number of carbonyl (C=O) groups is 2. The molecule has 0 spiro atoms. The molecule has 0 radical (unpaired) electrons. The predicted molar refractivity (Wildman–Crippen MR) is 89.7 cm³/mol. The fraction of sp³-hybridized carbons (Fsp3) is 0.0556. The largest absolute Gasteiger partial charge is 0.480 e. The summed E-state index contributed by atoms with van der Waals surface area (Å²) in [4.78, 5) is 22.8. The fourth-order valence-corrected chi connectivity index (χ4v) is 2.29. The van der Waals surface area contributed by atoms with Gasteiger partial charge in [-0.1, -0.05) is 42.5 Å². The van der Waals surface area contributed by atoms with Crippen molar-refractivity contribution in [1.82, 2.24) is 9.78 Å². The smallest absolute Gasteiger partial charge is 0.325 e. The van der Waals surface area contributed by atoms with Gasteiger partial charge in [-0.3, -0.25) is 14.3 Å². The first-order valence-electron chi connectivity index (χ1n) is 7.33. The lowest BCUT2D eigenvalue weighted by molar-refractivity contribution is -0.137. The van der Waals surface area contributed by atoms with Crippen LogP contribution in [0.1, 0.15) is 10.4 Å². The molecule has 0 aliphatic heterocycles. The van der Waals surface area contributed by atoms with Gasteiger partial charge in [0.25, 0.3) is 5.91 Å². The Balaban J connectivity index is 1.68. The minimum absolute atomic E-state index is 0.279. The molecule has 3 rings (SSSR count). The Labute approximate surface area is 138 Å². The van der Waals surface area contributed by atoms with Gasteiger partial charge in [0, 0.05) is 11.9 Å². The zero-order valence-corrected chi connectivity index (χ0v) is 12.7. The molecule has 0 unspecified atom stereocenters. The molecule has 0 bridgehead atoms. The molecular weight excluding hydrogens is 306 g/mol. The van der Waals surface area contributed by atoms with E-state index in [9.17, 15) is 9.59 Å². The molecule has 0 atom stereocenters. The quantitative estimate of drug-likeness (QED) is 0.757. The molecule has 120 valence electrons. The van der Waals surface area contributed by atoms with Crippen molar-refractivity contribution in [3.63, 3.8) is 0 Å². The Bertz CT molecular complexity index is 855. The van der Waals surface area contributed by atoms with Crippen LogP contribution < -0.4 is 5.32 Å². The van der Waals surface area contributed by atoms with Crippen molar-refractivity contribution in [3.05, 3.63) is 72.6 Å². The number of hydrogen-bond donors (Lipinski definition) is 2. The van der Waals surface area contributed by atoms with Gasteiger partial charge in [-0.25, -0.2) is 0 Å². The van der Waals surface area contributed by atoms with E-state index in [0.29, 0.717) is 11.3 Å². The molecule has 3 aromatic rings. The van der Waals surface area contributed by atoms with Gasteiger partial charge in [-0.15, -0.1) is 0 Å². The van der Waals surface area contributed by atoms with E-state index in [2.05, 4.69) is 10.4 Å². The maximum atomic E-state index is 12.2. The number of nitrogens with one attached hydrogen (secondary N) is 1. The summed E-state index contributed by atoms with van der Waals surface area (Å²) in [5.74, 6) is -1.35. The SMILES string of the molecule is O=C(O)Cn1cc(C(=O)Nc2ccc(-c3ccccc3)cc2)cn1. The number of nitrogens with zero attached hydrogens (tertiary/aromatic N) is 2. The fourth-order valence-electron chi connectivity index (χ4n) is 2.29. The first-order valence-corrected chi connectivity index (χ1v) is 7.33. The van der Waals surface area contributed by atoms with Crippen LogP contribution in [-0.4, -0.2) is 26.8 Å². The second-order valence-electron chi connectivity index (χ2n) is 5.22. The summed E-state index contributed by atoms with van der Waals surface area (Å²) in [5.41, 5.74) is 3.13. The first kappa shape index (κ1) is 15.5. The summed E-state index contributed by atoms with van der Waals surface area (Å²) >= 11 is 0. The number of aromatic nitrogens is 2. The van der Waals surface area contributed by atoms with E-state index in [4.69, 9.17) is 5.11 Å². The van der Waals surface area contributed by atoms with Gasteiger partial charge in [-0.05, 0) is 23.3 Å². The minimum atomic E-state index is -1.01. The predicted octanol–water partition coefficient (Wildman–Crippen LogP) is 2.89. The molecule has 24 heavy (non-hydrogen) atoms. The van der Waals surface area contributed by atoms with E-state index in [-0.39, 0.29) is 12.5 Å². The van der Waals surface area contributed by atoms with Gasteiger partial charge in [0.1, 0.15) is 6.54 Å². The van der Waals surface area contributed by atoms with Crippen LogP contribution >= 0.6 is 0 Å². The Morgan fingerprint density at radius 2 is 1.67 bits per heavy atom. The number of carboxylic acids is 1. The highest BCUT2D eigenvalue weighted by Crippen LogP contribution is 2.21. The molecule has 0 saturated heterocycles. The molecule has 0 aliphatic carbocycles. The van der Waals surface area contributed by atoms with Crippen LogP contribution in [0.2, 0.25) is 0 Å². The van der Waals surface area contributed by atoms with E-state index in [1.165, 1.54) is 17.1 Å².